The van der Waals surface area contributed by atoms with Gasteiger partial charge < -0.3 is 13.7 Å². The summed E-state index contributed by atoms with van der Waals surface area (Å²) in [5.41, 5.74) is 14.4. The average molecular weight is 672 g/mol. The molecule has 9 aromatic rings. The third kappa shape index (κ3) is 6.28. The Morgan fingerprint density at radius 2 is 0.865 bits per heavy atom. The highest BCUT2D eigenvalue weighted by atomic mass is 16.3. The summed E-state index contributed by atoms with van der Waals surface area (Å²) in [7, 11) is 0. The molecule has 2 aromatic heterocycles. The van der Waals surface area contributed by atoms with Crippen molar-refractivity contribution in [1.82, 2.24) is 9.97 Å². The zero-order valence-electron chi connectivity index (χ0n) is 28.5. The zero-order chi connectivity index (χ0) is 34.9. The number of hydrogen-bond donors (Lipinski definition) is 0. The molecule has 0 amide bonds. The number of rotatable bonds is 8. The van der Waals surface area contributed by atoms with E-state index in [2.05, 4.69) is 155 Å². The Balaban J connectivity index is 0.895. The van der Waals surface area contributed by atoms with E-state index in [0.717, 1.165) is 78.2 Å². The van der Waals surface area contributed by atoms with Gasteiger partial charge >= 0.3 is 0 Å². The first-order valence-electron chi connectivity index (χ1n) is 17.3. The van der Waals surface area contributed by atoms with Gasteiger partial charge in [-0.1, -0.05) is 109 Å². The number of benzene rings is 7. The van der Waals surface area contributed by atoms with E-state index in [-0.39, 0.29) is 0 Å². The van der Waals surface area contributed by atoms with Crippen LogP contribution >= 0.6 is 0 Å². The van der Waals surface area contributed by atoms with E-state index in [1.54, 1.807) is 0 Å². The highest BCUT2D eigenvalue weighted by Gasteiger charge is 2.12. The van der Waals surface area contributed by atoms with Gasteiger partial charge in [-0.2, -0.15) is 0 Å². The summed E-state index contributed by atoms with van der Waals surface area (Å²) in [6, 6.07) is 58.9. The van der Waals surface area contributed by atoms with Crippen molar-refractivity contribution in [2.75, 3.05) is 4.90 Å². The molecule has 2 heterocycles. The van der Waals surface area contributed by atoms with E-state index in [1.807, 2.05) is 43.3 Å². The molecule has 0 radical (unpaired) electrons. The third-order valence-corrected chi connectivity index (χ3v) is 9.27. The largest absolute Gasteiger partial charge is 0.441 e. The Labute approximate surface area is 301 Å². The van der Waals surface area contributed by atoms with E-state index in [1.165, 1.54) is 0 Å². The van der Waals surface area contributed by atoms with E-state index in [9.17, 15) is 0 Å². The molecule has 0 aliphatic heterocycles. The van der Waals surface area contributed by atoms with Crippen molar-refractivity contribution in [3.8, 4) is 33.4 Å². The smallest absolute Gasteiger partial charge is 0.220 e. The molecule has 5 heteroatoms. The molecule has 9 rings (SSSR count). The molecular formula is C47H33N3O2. The van der Waals surface area contributed by atoms with Crippen LogP contribution in [0.4, 0.5) is 17.1 Å². The molecule has 52 heavy (non-hydrogen) atoms. The number of hydrogen-bond acceptors (Lipinski definition) is 5. The highest BCUT2D eigenvalue weighted by molar-refractivity contribution is 5.84. The predicted molar refractivity (Wildman–Crippen MR) is 213 cm³/mol. The van der Waals surface area contributed by atoms with Crippen LogP contribution in [0.2, 0.25) is 0 Å². The molecule has 0 aliphatic rings. The zero-order valence-corrected chi connectivity index (χ0v) is 28.5. The van der Waals surface area contributed by atoms with E-state index >= 15 is 0 Å². The monoisotopic (exact) mass is 671 g/mol. The normalized spacial score (nSPS) is 11.5. The number of anilines is 3. The minimum absolute atomic E-state index is 0.571. The molecule has 0 unspecified atom stereocenters. The van der Waals surface area contributed by atoms with Crippen LogP contribution in [-0.4, -0.2) is 9.97 Å². The van der Waals surface area contributed by atoms with Gasteiger partial charge in [0.15, 0.2) is 17.1 Å². The second-order valence-corrected chi connectivity index (χ2v) is 12.7. The predicted octanol–water partition coefficient (Wildman–Crippen LogP) is 12.9. The van der Waals surface area contributed by atoms with Crippen LogP contribution in [0.5, 0.6) is 0 Å². The van der Waals surface area contributed by atoms with Crippen molar-refractivity contribution in [2.24, 2.45) is 0 Å². The van der Waals surface area contributed by atoms with Crippen LogP contribution in [-0.2, 0) is 0 Å². The molecule has 0 fully saturated rings. The Bertz CT molecular complexity index is 2620. The van der Waals surface area contributed by atoms with Gasteiger partial charge in [0.25, 0.3) is 0 Å². The van der Waals surface area contributed by atoms with Crippen LogP contribution in [0.15, 0.2) is 179 Å². The molecule has 7 aromatic carbocycles. The first-order valence-corrected chi connectivity index (χ1v) is 17.3. The lowest BCUT2D eigenvalue weighted by Gasteiger charge is -2.25. The fourth-order valence-corrected chi connectivity index (χ4v) is 6.63. The summed E-state index contributed by atoms with van der Waals surface area (Å²) in [4.78, 5) is 11.5. The number of nitrogens with zero attached hydrogens (tertiary/aromatic N) is 3. The summed E-state index contributed by atoms with van der Waals surface area (Å²) < 4.78 is 11.7. The van der Waals surface area contributed by atoms with Gasteiger partial charge in [0.05, 0.1) is 0 Å². The van der Waals surface area contributed by atoms with Crippen molar-refractivity contribution in [3.63, 3.8) is 0 Å². The maximum atomic E-state index is 6.08. The molecule has 5 nitrogen and oxygen atoms in total. The van der Waals surface area contributed by atoms with Gasteiger partial charge in [-0.05, 0) is 106 Å². The summed E-state index contributed by atoms with van der Waals surface area (Å²) in [5, 5.41) is 0. The lowest BCUT2D eigenvalue weighted by molar-refractivity contribution is 0.561. The second kappa shape index (κ2) is 13.4. The molecule has 0 N–H and O–H groups in total. The van der Waals surface area contributed by atoms with Crippen LogP contribution in [0.25, 0.3) is 67.7 Å². The van der Waals surface area contributed by atoms with Crippen LogP contribution < -0.4 is 4.90 Å². The number of aryl methyl sites for hydroxylation is 1. The van der Waals surface area contributed by atoms with Gasteiger partial charge in [-0.25, -0.2) is 9.97 Å². The minimum Gasteiger partial charge on any atom is -0.441 e. The van der Waals surface area contributed by atoms with Crippen LogP contribution in [0.1, 0.15) is 17.3 Å². The standard InChI is InChI=1S/C47H33N3O2/c1-32-48-43-30-38(23-27-45(43)51-32)36-19-15-34(16-20-36)35-17-21-37(22-18-35)39-24-28-46-44(31-39)49-47(52-46)29-14-33-12-25-42(26-13-33)50(40-8-4-2-5-9-40)41-10-6-3-7-11-41/h2-31H,1H3/b29-14+. The van der Waals surface area contributed by atoms with Gasteiger partial charge in [0, 0.05) is 30.1 Å². The van der Waals surface area contributed by atoms with E-state index < -0.39 is 0 Å². The van der Waals surface area contributed by atoms with Gasteiger partial charge in [0.2, 0.25) is 5.89 Å². The number of aromatic nitrogens is 2. The molecular weight excluding hydrogens is 639 g/mol. The average Bonchev–Trinajstić information content (AvgIpc) is 3.80. The van der Waals surface area contributed by atoms with Crippen LogP contribution in [0, 0.1) is 6.92 Å². The van der Waals surface area contributed by atoms with Crippen molar-refractivity contribution >= 4 is 51.4 Å². The summed E-state index contributed by atoms with van der Waals surface area (Å²) in [6.07, 6.45) is 3.96. The molecule has 0 spiro atoms. The number of fused-ring (bicyclic) bond motifs is 2. The molecule has 248 valence electrons. The van der Waals surface area contributed by atoms with Crippen LogP contribution in [0.3, 0.4) is 0 Å². The van der Waals surface area contributed by atoms with Crippen molar-refractivity contribution in [2.45, 2.75) is 6.92 Å². The molecule has 0 saturated carbocycles. The van der Waals surface area contributed by atoms with Crippen molar-refractivity contribution < 1.29 is 8.83 Å². The maximum absolute atomic E-state index is 6.08. The third-order valence-electron chi connectivity index (χ3n) is 9.27. The summed E-state index contributed by atoms with van der Waals surface area (Å²) in [5.74, 6) is 1.25. The summed E-state index contributed by atoms with van der Waals surface area (Å²) in [6.45, 7) is 1.87. The molecule has 0 saturated heterocycles. The van der Waals surface area contributed by atoms with Gasteiger partial charge in [0.1, 0.15) is 11.0 Å². The van der Waals surface area contributed by atoms with E-state index in [0.29, 0.717) is 11.8 Å². The lowest BCUT2D eigenvalue weighted by atomic mass is 9.98. The van der Waals surface area contributed by atoms with Gasteiger partial charge in [-0.3, -0.25) is 0 Å². The molecule has 0 atom stereocenters. The Morgan fingerprint density at radius 1 is 0.423 bits per heavy atom. The Morgan fingerprint density at radius 3 is 1.40 bits per heavy atom. The number of oxazole rings is 2. The number of para-hydroxylation sites is 2. The quantitative estimate of drug-likeness (QED) is 0.161. The molecule has 0 bridgehead atoms. The summed E-state index contributed by atoms with van der Waals surface area (Å²) >= 11 is 0. The topological polar surface area (TPSA) is 55.3 Å². The SMILES string of the molecule is Cc1nc2cc(-c3ccc(-c4ccc(-c5ccc6oc(/C=C/c7ccc(N(c8ccccc8)c8ccccc8)cc7)nc6c5)cc4)cc3)ccc2o1. The van der Waals surface area contributed by atoms with Gasteiger partial charge in [-0.15, -0.1) is 0 Å². The van der Waals surface area contributed by atoms with Crippen molar-refractivity contribution in [3.05, 3.63) is 187 Å². The first-order chi connectivity index (χ1) is 25.6. The fourth-order valence-electron chi connectivity index (χ4n) is 6.63. The lowest BCUT2D eigenvalue weighted by Crippen LogP contribution is -2.09. The fraction of sp³-hybridized carbons (Fsp3) is 0.0213. The highest BCUT2D eigenvalue weighted by Crippen LogP contribution is 2.35. The Kier molecular flexibility index (Phi) is 7.99. The Hall–Kier alpha value is -6.98. The minimum atomic E-state index is 0.571. The first kappa shape index (κ1) is 31.0. The maximum Gasteiger partial charge on any atom is 0.220 e. The molecule has 0 aliphatic carbocycles. The second-order valence-electron chi connectivity index (χ2n) is 12.7. The van der Waals surface area contributed by atoms with E-state index in [4.69, 9.17) is 13.8 Å². The van der Waals surface area contributed by atoms with Crippen molar-refractivity contribution in [1.29, 1.82) is 0 Å².